The van der Waals surface area contributed by atoms with Gasteiger partial charge in [-0.25, -0.2) is 4.99 Å². The minimum absolute atomic E-state index is 0.208. The summed E-state index contributed by atoms with van der Waals surface area (Å²) in [6.45, 7) is -0.208. The predicted octanol–water partition coefficient (Wildman–Crippen LogP) is 4.79. The van der Waals surface area contributed by atoms with E-state index in [0.29, 0.717) is 6.42 Å². The molecule has 2 N–H and O–H groups in total. The maximum Gasteiger partial charge on any atom is 0.146 e. The molecule has 0 spiro atoms. The molecule has 1 aliphatic heterocycles. The Hall–Kier alpha value is -2.56. The number of hydrogen-bond donors (Lipinski definition) is 2. The summed E-state index contributed by atoms with van der Waals surface area (Å²) in [6.07, 6.45) is 10.6. The van der Waals surface area contributed by atoms with E-state index in [9.17, 15) is 4.39 Å². The lowest BCUT2D eigenvalue weighted by molar-refractivity contribution is 0.303. The molecule has 2 aromatic heterocycles. The topological polar surface area (TPSA) is 53.2 Å². The summed E-state index contributed by atoms with van der Waals surface area (Å²) in [7, 11) is 1.66. The highest BCUT2D eigenvalue weighted by Gasteiger charge is 2.17. The summed E-state index contributed by atoms with van der Waals surface area (Å²) in [5, 5.41) is 0. The molecule has 0 aromatic carbocycles. The summed E-state index contributed by atoms with van der Waals surface area (Å²) < 4.78 is 17.5. The number of nitrogens with zero attached hydrogens (tertiary/aromatic N) is 1. The van der Waals surface area contributed by atoms with Crippen LogP contribution >= 0.6 is 0 Å². The molecule has 0 saturated carbocycles. The van der Waals surface area contributed by atoms with Gasteiger partial charge in [-0.1, -0.05) is 12.8 Å². The van der Waals surface area contributed by atoms with Gasteiger partial charge in [0.1, 0.15) is 11.5 Å². The van der Waals surface area contributed by atoms with Crippen LogP contribution in [0.3, 0.4) is 0 Å². The molecule has 5 heteroatoms. The molecule has 0 fully saturated rings. The Morgan fingerprint density at radius 1 is 1.16 bits per heavy atom. The molecular weight excluding hydrogens is 317 g/mol. The molecule has 132 valence electrons. The number of nitrogens with one attached hydrogen (secondary N) is 2. The number of aromatic amines is 2. The van der Waals surface area contributed by atoms with Crippen molar-refractivity contribution in [1.82, 2.24) is 9.97 Å². The van der Waals surface area contributed by atoms with E-state index in [4.69, 9.17) is 4.74 Å². The molecule has 0 bridgehead atoms. The van der Waals surface area contributed by atoms with Gasteiger partial charge in [-0.05, 0) is 49.6 Å². The second-order valence-electron chi connectivity index (χ2n) is 6.12. The minimum Gasteiger partial charge on any atom is -0.494 e. The Balaban J connectivity index is 1.65. The van der Waals surface area contributed by atoms with E-state index in [2.05, 4.69) is 27.1 Å². The summed E-state index contributed by atoms with van der Waals surface area (Å²) >= 11 is 0. The van der Waals surface area contributed by atoms with Gasteiger partial charge in [-0.15, -0.1) is 0 Å². The third-order valence-electron chi connectivity index (χ3n) is 4.25. The molecule has 3 rings (SSSR count). The molecule has 1 aliphatic rings. The van der Waals surface area contributed by atoms with Crippen LogP contribution in [0.5, 0.6) is 0 Å². The zero-order valence-corrected chi connectivity index (χ0v) is 14.5. The lowest BCUT2D eigenvalue weighted by Gasteiger charge is -2.01. The van der Waals surface area contributed by atoms with E-state index in [1.54, 1.807) is 7.11 Å². The average Bonchev–Trinajstić information content (AvgIpc) is 3.35. The van der Waals surface area contributed by atoms with Crippen LogP contribution in [0, 0.1) is 0 Å². The zero-order valence-electron chi connectivity index (χ0n) is 14.5. The molecule has 4 nitrogen and oxygen atoms in total. The largest absolute Gasteiger partial charge is 0.494 e. The van der Waals surface area contributed by atoms with Gasteiger partial charge in [0.25, 0.3) is 0 Å². The quantitative estimate of drug-likeness (QED) is 0.633. The lowest BCUT2D eigenvalue weighted by atomic mass is 10.1. The Morgan fingerprint density at radius 3 is 2.80 bits per heavy atom. The Kier molecular flexibility index (Phi) is 5.88. The number of halogens is 1. The number of unbranched alkanes of at least 4 members (excludes halogenated alkanes) is 3. The fourth-order valence-corrected chi connectivity index (χ4v) is 2.91. The van der Waals surface area contributed by atoms with Gasteiger partial charge in [0.2, 0.25) is 0 Å². The smallest absolute Gasteiger partial charge is 0.146 e. The molecule has 0 saturated heterocycles. The summed E-state index contributed by atoms with van der Waals surface area (Å²) in [5.41, 5.74) is 4.85. The van der Waals surface area contributed by atoms with Crippen molar-refractivity contribution in [2.24, 2.45) is 4.99 Å². The number of allylic oxidation sites excluding steroid dienone is 1. The van der Waals surface area contributed by atoms with Crippen molar-refractivity contribution in [3.05, 3.63) is 65.1 Å². The molecule has 3 heterocycles. The zero-order chi connectivity index (χ0) is 17.5. The van der Waals surface area contributed by atoms with Crippen LogP contribution in [0.15, 0.2) is 53.0 Å². The molecule has 25 heavy (non-hydrogen) atoms. The Bertz CT molecular complexity index is 769. The first-order chi connectivity index (χ1) is 12.3. The number of aliphatic imine (C=N–C) groups is 1. The van der Waals surface area contributed by atoms with Gasteiger partial charge in [-0.2, -0.15) is 0 Å². The summed E-state index contributed by atoms with van der Waals surface area (Å²) in [4.78, 5) is 11.2. The van der Waals surface area contributed by atoms with Crippen LogP contribution in [0.4, 0.5) is 4.39 Å². The van der Waals surface area contributed by atoms with Gasteiger partial charge >= 0.3 is 0 Å². The molecule has 2 aromatic rings. The maximum atomic E-state index is 12.1. The summed E-state index contributed by atoms with van der Waals surface area (Å²) in [6, 6.07) is 8.09. The van der Waals surface area contributed by atoms with Crippen molar-refractivity contribution in [2.45, 2.75) is 32.1 Å². The first kappa shape index (κ1) is 17.3. The lowest BCUT2D eigenvalue weighted by Crippen LogP contribution is -1.93. The van der Waals surface area contributed by atoms with Gasteiger partial charge < -0.3 is 14.7 Å². The van der Waals surface area contributed by atoms with Gasteiger partial charge in [0, 0.05) is 23.7 Å². The van der Waals surface area contributed by atoms with Crippen LogP contribution < -0.4 is 0 Å². The number of aromatic nitrogens is 2. The van der Waals surface area contributed by atoms with E-state index >= 15 is 0 Å². The fraction of sp³-hybridized carbons (Fsp3) is 0.350. The Labute approximate surface area is 147 Å². The fourth-order valence-electron chi connectivity index (χ4n) is 2.91. The average molecular weight is 341 g/mol. The van der Waals surface area contributed by atoms with Crippen molar-refractivity contribution in [3.8, 4) is 0 Å². The second-order valence-corrected chi connectivity index (χ2v) is 6.12. The molecule has 0 unspecified atom stereocenters. The molecular formula is C20H24FN3O. The van der Waals surface area contributed by atoms with Crippen LogP contribution in [0.1, 0.15) is 42.8 Å². The number of alkyl halides is 1. The first-order valence-electron chi connectivity index (χ1n) is 8.74. The number of aryl methyl sites for hydroxylation is 1. The third kappa shape index (κ3) is 4.50. The summed E-state index contributed by atoms with van der Waals surface area (Å²) in [5.74, 6) is 0.756. The van der Waals surface area contributed by atoms with Crippen molar-refractivity contribution in [2.75, 3.05) is 13.8 Å². The van der Waals surface area contributed by atoms with Crippen molar-refractivity contribution >= 4 is 11.8 Å². The predicted molar refractivity (Wildman–Crippen MR) is 99.3 cm³/mol. The number of ether oxygens (including phenoxy) is 1. The van der Waals surface area contributed by atoms with E-state index < -0.39 is 0 Å². The number of rotatable bonds is 9. The number of methoxy groups -OCH3 is 1. The first-order valence-corrected chi connectivity index (χ1v) is 8.74. The highest BCUT2D eigenvalue weighted by Crippen LogP contribution is 2.24. The van der Waals surface area contributed by atoms with Gasteiger partial charge in [-0.3, -0.25) is 4.39 Å². The Morgan fingerprint density at radius 2 is 2.04 bits per heavy atom. The van der Waals surface area contributed by atoms with E-state index in [0.717, 1.165) is 54.2 Å². The highest BCUT2D eigenvalue weighted by molar-refractivity contribution is 6.11. The van der Waals surface area contributed by atoms with E-state index in [1.807, 2.05) is 30.5 Å². The normalized spacial score (nSPS) is 15.5. The molecule has 0 radical (unpaired) electrons. The van der Waals surface area contributed by atoms with Crippen molar-refractivity contribution < 1.29 is 9.13 Å². The van der Waals surface area contributed by atoms with Crippen LogP contribution in [0.2, 0.25) is 0 Å². The van der Waals surface area contributed by atoms with Gasteiger partial charge in [0.05, 0.1) is 25.2 Å². The SMILES string of the molecule is COC1=CC(c2ccc[nH]2)=NC1=Cc1ccc(CCCCCCF)[nH]1. The molecule has 0 aliphatic carbocycles. The van der Waals surface area contributed by atoms with E-state index in [1.165, 1.54) is 5.69 Å². The number of H-pyrrole nitrogens is 2. The third-order valence-corrected chi connectivity index (χ3v) is 4.25. The maximum absolute atomic E-state index is 12.1. The van der Waals surface area contributed by atoms with Crippen molar-refractivity contribution in [3.63, 3.8) is 0 Å². The number of hydrogen-bond acceptors (Lipinski definition) is 2. The highest BCUT2D eigenvalue weighted by atomic mass is 19.1. The van der Waals surface area contributed by atoms with Gasteiger partial charge in [0.15, 0.2) is 0 Å². The van der Waals surface area contributed by atoms with Crippen molar-refractivity contribution in [1.29, 1.82) is 0 Å². The molecule has 0 atom stereocenters. The van der Waals surface area contributed by atoms with Crippen LogP contribution in [-0.2, 0) is 11.2 Å². The molecule has 0 amide bonds. The second kappa shape index (κ2) is 8.51. The monoisotopic (exact) mass is 341 g/mol. The standard InChI is InChI=1S/C20H24FN3O/c1-25-20-14-18(17-8-6-12-22-17)24-19(20)13-16-10-9-15(23-16)7-4-2-3-5-11-21/h6,8-10,12-14,22-23H,2-5,7,11H2,1H3. The van der Waals surface area contributed by atoms with Crippen LogP contribution in [-0.4, -0.2) is 29.5 Å². The van der Waals surface area contributed by atoms with E-state index in [-0.39, 0.29) is 6.67 Å². The minimum atomic E-state index is -0.208. The van der Waals surface area contributed by atoms with Crippen LogP contribution in [0.25, 0.3) is 6.08 Å².